The number of morpholine rings is 2. The molecule has 2 heterocycles. The third kappa shape index (κ3) is 4.83. The Kier molecular flexibility index (Phi) is 6.26. The van der Waals surface area contributed by atoms with Crippen molar-refractivity contribution in [1.29, 1.82) is 0 Å². The average Bonchev–Trinajstić information content (AvgIpc) is 2.45. The van der Waals surface area contributed by atoms with Gasteiger partial charge in [-0.3, -0.25) is 4.90 Å². The molecule has 1 N–H and O–H groups in total. The molecule has 2 saturated heterocycles. The maximum atomic E-state index is 12.2. The summed E-state index contributed by atoms with van der Waals surface area (Å²) in [5.41, 5.74) is 0. The lowest BCUT2D eigenvalue weighted by Crippen LogP contribution is -2.62. The van der Waals surface area contributed by atoms with Crippen molar-refractivity contribution in [2.75, 3.05) is 45.9 Å². The molecular weight excluding hydrogens is 270 g/mol. The van der Waals surface area contributed by atoms with Crippen LogP contribution in [-0.4, -0.2) is 80.0 Å². The fourth-order valence-electron chi connectivity index (χ4n) is 2.94. The highest BCUT2D eigenvalue weighted by Gasteiger charge is 2.37. The number of rotatable bonds is 6. The van der Waals surface area contributed by atoms with Gasteiger partial charge in [0.05, 0.1) is 12.2 Å². The largest absolute Gasteiger partial charge is 0.382 e. The van der Waals surface area contributed by atoms with E-state index in [9.17, 15) is 4.79 Å². The molecule has 0 aliphatic carbocycles. The molecular formula is C15H29N3O3. The van der Waals surface area contributed by atoms with E-state index in [2.05, 4.69) is 24.1 Å². The van der Waals surface area contributed by atoms with Crippen LogP contribution in [0.2, 0.25) is 0 Å². The number of carbonyl (C=O) groups excluding carboxylic acids is 1. The molecule has 2 aliphatic heterocycles. The van der Waals surface area contributed by atoms with Crippen molar-refractivity contribution < 1.29 is 14.3 Å². The zero-order valence-corrected chi connectivity index (χ0v) is 13.5. The van der Waals surface area contributed by atoms with Gasteiger partial charge in [-0.2, -0.15) is 0 Å². The van der Waals surface area contributed by atoms with E-state index in [0.29, 0.717) is 32.3 Å². The van der Waals surface area contributed by atoms with Gasteiger partial charge in [0.1, 0.15) is 0 Å². The summed E-state index contributed by atoms with van der Waals surface area (Å²) in [5, 5.41) is 2.97. The Morgan fingerprint density at radius 2 is 1.95 bits per heavy atom. The van der Waals surface area contributed by atoms with Gasteiger partial charge in [-0.1, -0.05) is 0 Å². The maximum absolute atomic E-state index is 12.2. The Morgan fingerprint density at radius 1 is 1.29 bits per heavy atom. The molecule has 0 aromatic rings. The Balaban J connectivity index is 1.72. The zero-order chi connectivity index (χ0) is 15.2. The summed E-state index contributed by atoms with van der Waals surface area (Å²) in [6.07, 6.45) is 1.15. The SMILES string of the molecule is CCOCCCNC(=O)N1CC2CN(C(C)C)CC(C1)O2. The standard InChI is InChI=1S/C15H29N3O3/c1-4-20-7-5-6-16-15(19)18-10-13-8-17(12(2)3)9-14(11-18)21-13/h12-14H,4-11H2,1-3H3,(H,16,19). The molecule has 122 valence electrons. The van der Waals surface area contributed by atoms with Crippen molar-refractivity contribution in [2.45, 2.75) is 45.4 Å². The minimum atomic E-state index is 0.0304. The van der Waals surface area contributed by atoms with Crippen molar-refractivity contribution in [1.82, 2.24) is 15.1 Å². The van der Waals surface area contributed by atoms with Gasteiger partial charge in [-0.15, -0.1) is 0 Å². The molecule has 6 heteroatoms. The highest BCUT2D eigenvalue weighted by molar-refractivity contribution is 5.74. The smallest absolute Gasteiger partial charge is 0.317 e. The Hall–Kier alpha value is -0.850. The first-order valence-corrected chi connectivity index (χ1v) is 8.10. The van der Waals surface area contributed by atoms with Crippen LogP contribution in [0, 0.1) is 0 Å². The highest BCUT2D eigenvalue weighted by atomic mass is 16.5. The fraction of sp³-hybridized carbons (Fsp3) is 0.933. The third-order valence-corrected chi connectivity index (χ3v) is 4.07. The van der Waals surface area contributed by atoms with Gasteiger partial charge < -0.3 is 19.7 Å². The van der Waals surface area contributed by atoms with Crippen LogP contribution in [-0.2, 0) is 9.47 Å². The van der Waals surface area contributed by atoms with E-state index in [1.807, 2.05) is 11.8 Å². The molecule has 0 aromatic heterocycles. The van der Waals surface area contributed by atoms with Crippen LogP contribution in [0.3, 0.4) is 0 Å². The van der Waals surface area contributed by atoms with E-state index >= 15 is 0 Å². The van der Waals surface area contributed by atoms with Crippen LogP contribution in [0.5, 0.6) is 0 Å². The van der Waals surface area contributed by atoms with Crippen molar-refractivity contribution in [3.05, 3.63) is 0 Å². The molecule has 0 aromatic carbocycles. The first kappa shape index (κ1) is 16.5. The second-order valence-electron chi connectivity index (χ2n) is 6.12. The van der Waals surface area contributed by atoms with Gasteiger partial charge in [-0.05, 0) is 27.2 Å². The predicted octanol–water partition coefficient (Wildman–Crippen LogP) is 0.916. The molecule has 0 spiro atoms. The molecule has 2 amide bonds. The predicted molar refractivity (Wildman–Crippen MR) is 81.5 cm³/mol. The van der Waals surface area contributed by atoms with Crippen molar-refractivity contribution >= 4 is 6.03 Å². The number of hydrogen-bond acceptors (Lipinski definition) is 4. The van der Waals surface area contributed by atoms with Gasteiger partial charge in [0.15, 0.2) is 0 Å². The van der Waals surface area contributed by atoms with Crippen molar-refractivity contribution in [3.63, 3.8) is 0 Å². The second kappa shape index (κ2) is 7.96. The van der Waals surface area contributed by atoms with E-state index in [1.165, 1.54) is 0 Å². The number of amides is 2. The summed E-state index contributed by atoms with van der Waals surface area (Å²) in [6.45, 7) is 11.7. The molecule has 2 fully saturated rings. The molecule has 21 heavy (non-hydrogen) atoms. The van der Waals surface area contributed by atoms with Crippen LogP contribution in [0.15, 0.2) is 0 Å². The summed E-state index contributed by atoms with van der Waals surface area (Å²) >= 11 is 0. The summed E-state index contributed by atoms with van der Waals surface area (Å²) in [4.78, 5) is 16.5. The van der Waals surface area contributed by atoms with E-state index in [4.69, 9.17) is 9.47 Å². The van der Waals surface area contributed by atoms with E-state index in [-0.39, 0.29) is 18.2 Å². The molecule has 6 nitrogen and oxygen atoms in total. The number of ether oxygens (including phenoxy) is 2. The quantitative estimate of drug-likeness (QED) is 0.741. The normalized spacial score (nSPS) is 26.2. The molecule has 2 atom stereocenters. The molecule has 2 bridgehead atoms. The number of nitrogens with zero attached hydrogens (tertiary/aromatic N) is 2. The van der Waals surface area contributed by atoms with E-state index in [0.717, 1.165) is 26.1 Å². The van der Waals surface area contributed by atoms with Crippen LogP contribution in [0.4, 0.5) is 4.79 Å². The average molecular weight is 299 g/mol. The van der Waals surface area contributed by atoms with E-state index in [1.54, 1.807) is 0 Å². The third-order valence-electron chi connectivity index (χ3n) is 4.07. The van der Waals surface area contributed by atoms with Crippen LogP contribution in [0.25, 0.3) is 0 Å². The summed E-state index contributed by atoms with van der Waals surface area (Å²) < 4.78 is 11.2. The lowest BCUT2D eigenvalue weighted by atomic mass is 10.1. The monoisotopic (exact) mass is 299 g/mol. The first-order chi connectivity index (χ1) is 10.1. The minimum Gasteiger partial charge on any atom is -0.382 e. The number of carbonyl (C=O) groups is 1. The minimum absolute atomic E-state index is 0.0304. The van der Waals surface area contributed by atoms with Gasteiger partial charge in [-0.25, -0.2) is 4.79 Å². The van der Waals surface area contributed by atoms with Crippen molar-refractivity contribution in [3.8, 4) is 0 Å². The number of hydrogen-bond donors (Lipinski definition) is 1. The van der Waals surface area contributed by atoms with Crippen LogP contribution < -0.4 is 5.32 Å². The summed E-state index contributed by atoms with van der Waals surface area (Å²) in [6, 6.07) is 0.570. The number of nitrogens with one attached hydrogen (secondary N) is 1. The molecule has 2 aliphatic rings. The van der Waals surface area contributed by atoms with Crippen LogP contribution >= 0.6 is 0 Å². The Labute approximate surface area is 127 Å². The van der Waals surface area contributed by atoms with Crippen molar-refractivity contribution in [2.24, 2.45) is 0 Å². The van der Waals surface area contributed by atoms with Gasteiger partial charge >= 0.3 is 6.03 Å². The molecule has 0 radical (unpaired) electrons. The lowest BCUT2D eigenvalue weighted by Gasteiger charge is -2.46. The first-order valence-electron chi connectivity index (χ1n) is 8.10. The summed E-state index contributed by atoms with van der Waals surface area (Å²) in [7, 11) is 0. The Morgan fingerprint density at radius 3 is 2.52 bits per heavy atom. The second-order valence-corrected chi connectivity index (χ2v) is 6.12. The van der Waals surface area contributed by atoms with Crippen LogP contribution in [0.1, 0.15) is 27.2 Å². The topological polar surface area (TPSA) is 54.0 Å². The number of urea groups is 1. The fourth-order valence-corrected chi connectivity index (χ4v) is 2.94. The number of fused-ring (bicyclic) bond motifs is 2. The highest BCUT2D eigenvalue weighted by Crippen LogP contribution is 2.20. The Bertz CT molecular complexity index is 324. The lowest BCUT2D eigenvalue weighted by molar-refractivity contribution is -0.134. The zero-order valence-electron chi connectivity index (χ0n) is 13.5. The van der Waals surface area contributed by atoms with Gasteiger partial charge in [0.2, 0.25) is 0 Å². The van der Waals surface area contributed by atoms with Gasteiger partial charge in [0.25, 0.3) is 0 Å². The molecule has 2 unspecified atom stereocenters. The van der Waals surface area contributed by atoms with Gasteiger partial charge in [0, 0.05) is 52.0 Å². The van der Waals surface area contributed by atoms with E-state index < -0.39 is 0 Å². The maximum Gasteiger partial charge on any atom is 0.317 e. The summed E-state index contributed by atoms with van der Waals surface area (Å²) in [5.74, 6) is 0. The molecule has 0 saturated carbocycles. The molecule has 2 rings (SSSR count).